The Balaban J connectivity index is 2.41. The zero-order valence-electron chi connectivity index (χ0n) is 8.79. The Kier molecular flexibility index (Phi) is 3.93. The molecule has 0 aromatic heterocycles. The van der Waals surface area contributed by atoms with Crippen LogP contribution in [0.25, 0.3) is 0 Å². The third-order valence-electron chi connectivity index (χ3n) is 2.62. The minimum atomic E-state index is -0.264. The topological polar surface area (TPSA) is 26.3 Å². The van der Waals surface area contributed by atoms with Crippen LogP contribution in [0.4, 0.5) is 0 Å². The molecule has 1 fully saturated rings. The van der Waals surface area contributed by atoms with Gasteiger partial charge in [0.2, 0.25) is 0 Å². The second-order valence-electron chi connectivity index (χ2n) is 3.97. The molecule has 0 radical (unpaired) electrons. The number of carbonyl (C=O) groups is 1. The fourth-order valence-electron chi connectivity index (χ4n) is 1.75. The van der Waals surface area contributed by atoms with Crippen molar-refractivity contribution in [3.63, 3.8) is 0 Å². The maximum atomic E-state index is 11.3. The van der Waals surface area contributed by atoms with Crippen LogP contribution in [0.5, 0.6) is 0 Å². The molecule has 78 valence electrons. The van der Waals surface area contributed by atoms with Crippen LogP contribution in [0.3, 0.4) is 0 Å². The van der Waals surface area contributed by atoms with Gasteiger partial charge in [-0.05, 0) is 38.5 Å². The van der Waals surface area contributed by atoms with E-state index in [1.165, 1.54) is 6.42 Å². The number of esters is 1. The van der Waals surface area contributed by atoms with Crippen LogP contribution >= 0.6 is 0 Å². The van der Waals surface area contributed by atoms with E-state index in [9.17, 15) is 4.79 Å². The molecular weight excluding hydrogens is 176 g/mol. The molecule has 0 heterocycles. The lowest BCUT2D eigenvalue weighted by atomic mass is 9.87. The normalized spacial score (nSPS) is 26.6. The smallest absolute Gasteiger partial charge is 0.333 e. The molecule has 0 aromatic carbocycles. The average molecular weight is 194 g/mol. The Bertz CT molecular complexity index is 243. The quantitative estimate of drug-likeness (QED) is 0.392. The van der Waals surface area contributed by atoms with Gasteiger partial charge in [0, 0.05) is 5.57 Å². The molecule has 2 nitrogen and oxygen atoms in total. The zero-order chi connectivity index (χ0) is 10.6. The van der Waals surface area contributed by atoms with Crippen molar-refractivity contribution in [1.82, 2.24) is 0 Å². The fourth-order valence-corrected chi connectivity index (χ4v) is 1.75. The SMILES string of the molecule is C=CC1CCCC(OC(=O)C(=C)C)C1. The number of allylic oxidation sites excluding steroid dienone is 1. The van der Waals surface area contributed by atoms with E-state index >= 15 is 0 Å². The van der Waals surface area contributed by atoms with Gasteiger partial charge in [-0.1, -0.05) is 12.7 Å². The van der Waals surface area contributed by atoms with Crippen LogP contribution in [-0.2, 0) is 9.53 Å². The van der Waals surface area contributed by atoms with Crippen molar-refractivity contribution in [1.29, 1.82) is 0 Å². The molecule has 1 aliphatic rings. The van der Waals surface area contributed by atoms with Gasteiger partial charge in [0.15, 0.2) is 0 Å². The highest BCUT2D eigenvalue weighted by molar-refractivity contribution is 5.87. The van der Waals surface area contributed by atoms with E-state index < -0.39 is 0 Å². The van der Waals surface area contributed by atoms with E-state index in [1.54, 1.807) is 6.92 Å². The van der Waals surface area contributed by atoms with Crippen LogP contribution < -0.4 is 0 Å². The largest absolute Gasteiger partial charge is 0.459 e. The lowest BCUT2D eigenvalue weighted by molar-refractivity contribution is -0.146. The number of hydrogen-bond acceptors (Lipinski definition) is 2. The summed E-state index contributed by atoms with van der Waals surface area (Å²) < 4.78 is 5.30. The Labute approximate surface area is 85.6 Å². The Hall–Kier alpha value is -1.05. The third kappa shape index (κ3) is 3.02. The molecule has 1 aliphatic carbocycles. The zero-order valence-corrected chi connectivity index (χ0v) is 8.79. The molecule has 0 saturated heterocycles. The van der Waals surface area contributed by atoms with Gasteiger partial charge in [-0.15, -0.1) is 6.58 Å². The van der Waals surface area contributed by atoms with Crippen molar-refractivity contribution < 1.29 is 9.53 Å². The number of rotatable bonds is 3. The van der Waals surface area contributed by atoms with Crippen LogP contribution in [0.1, 0.15) is 32.6 Å². The number of ether oxygens (including phenoxy) is 1. The summed E-state index contributed by atoms with van der Waals surface area (Å²) in [7, 11) is 0. The first-order valence-electron chi connectivity index (χ1n) is 5.12. The molecular formula is C12H18O2. The highest BCUT2D eigenvalue weighted by Gasteiger charge is 2.22. The molecule has 1 rings (SSSR count). The van der Waals surface area contributed by atoms with Gasteiger partial charge >= 0.3 is 5.97 Å². The summed E-state index contributed by atoms with van der Waals surface area (Å²) in [5, 5.41) is 0. The summed E-state index contributed by atoms with van der Waals surface area (Å²) in [4.78, 5) is 11.3. The molecule has 2 unspecified atom stereocenters. The van der Waals surface area contributed by atoms with Crippen molar-refractivity contribution in [2.45, 2.75) is 38.7 Å². The lowest BCUT2D eigenvalue weighted by Crippen LogP contribution is -2.25. The summed E-state index contributed by atoms with van der Waals surface area (Å²) in [6.45, 7) is 9.02. The molecule has 2 heteroatoms. The summed E-state index contributed by atoms with van der Waals surface area (Å²) in [6, 6.07) is 0. The minimum Gasteiger partial charge on any atom is -0.459 e. The van der Waals surface area contributed by atoms with Gasteiger partial charge in [0.25, 0.3) is 0 Å². The minimum absolute atomic E-state index is 0.0657. The predicted octanol–water partition coefficient (Wildman–Crippen LogP) is 2.85. The Morgan fingerprint density at radius 1 is 1.50 bits per heavy atom. The molecule has 1 saturated carbocycles. The predicted molar refractivity (Wildman–Crippen MR) is 56.8 cm³/mol. The third-order valence-corrected chi connectivity index (χ3v) is 2.62. The first-order chi connectivity index (χ1) is 6.63. The molecule has 0 spiro atoms. The van der Waals surface area contributed by atoms with Crippen LogP contribution in [0, 0.1) is 5.92 Å². The summed E-state index contributed by atoms with van der Waals surface area (Å²) in [6.07, 6.45) is 6.21. The molecule has 14 heavy (non-hydrogen) atoms. The van der Waals surface area contributed by atoms with Gasteiger partial charge in [-0.2, -0.15) is 0 Å². The van der Waals surface area contributed by atoms with Gasteiger partial charge in [-0.25, -0.2) is 4.79 Å². The maximum Gasteiger partial charge on any atom is 0.333 e. The monoisotopic (exact) mass is 194 g/mol. The van der Waals surface area contributed by atoms with E-state index in [0.717, 1.165) is 19.3 Å². The Morgan fingerprint density at radius 2 is 2.21 bits per heavy atom. The standard InChI is InChI=1S/C12H18O2/c1-4-10-6-5-7-11(8-10)14-12(13)9(2)3/h4,10-11H,1-2,5-8H2,3H3. The molecule has 0 N–H and O–H groups in total. The highest BCUT2D eigenvalue weighted by atomic mass is 16.5. The van der Waals surface area contributed by atoms with Gasteiger partial charge in [0.05, 0.1) is 0 Å². The second kappa shape index (κ2) is 4.99. The van der Waals surface area contributed by atoms with E-state index in [0.29, 0.717) is 11.5 Å². The van der Waals surface area contributed by atoms with Gasteiger partial charge in [-0.3, -0.25) is 0 Å². The van der Waals surface area contributed by atoms with Crippen molar-refractivity contribution >= 4 is 5.97 Å². The molecule has 0 amide bonds. The van der Waals surface area contributed by atoms with Gasteiger partial charge < -0.3 is 4.74 Å². The van der Waals surface area contributed by atoms with Crippen molar-refractivity contribution in [2.75, 3.05) is 0 Å². The van der Waals surface area contributed by atoms with Crippen molar-refractivity contribution in [3.8, 4) is 0 Å². The number of hydrogen-bond donors (Lipinski definition) is 0. The summed E-state index contributed by atoms with van der Waals surface area (Å²) >= 11 is 0. The maximum absolute atomic E-state index is 11.3. The van der Waals surface area contributed by atoms with Crippen LogP contribution in [-0.4, -0.2) is 12.1 Å². The molecule has 2 atom stereocenters. The van der Waals surface area contributed by atoms with E-state index in [-0.39, 0.29) is 12.1 Å². The van der Waals surface area contributed by atoms with E-state index in [1.807, 2.05) is 6.08 Å². The molecule has 0 aromatic rings. The lowest BCUT2D eigenvalue weighted by Gasteiger charge is -2.26. The molecule has 0 bridgehead atoms. The first kappa shape index (κ1) is 11.0. The van der Waals surface area contributed by atoms with Gasteiger partial charge in [0.1, 0.15) is 6.10 Å². The summed E-state index contributed by atoms with van der Waals surface area (Å²) in [5.74, 6) is 0.242. The average Bonchev–Trinajstić information content (AvgIpc) is 2.18. The highest BCUT2D eigenvalue weighted by Crippen LogP contribution is 2.27. The number of carbonyl (C=O) groups excluding carboxylic acids is 1. The molecule has 0 aliphatic heterocycles. The second-order valence-corrected chi connectivity index (χ2v) is 3.97. The van der Waals surface area contributed by atoms with Crippen molar-refractivity contribution in [2.24, 2.45) is 5.92 Å². The van der Waals surface area contributed by atoms with Crippen LogP contribution in [0.2, 0.25) is 0 Å². The summed E-state index contributed by atoms with van der Waals surface area (Å²) in [5.41, 5.74) is 0.478. The van der Waals surface area contributed by atoms with E-state index in [4.69, 9.17) is 4.74 Å². The Morgan fingerprint density at radius 3 is 2.79 bits per heavy atom. The van der Waals surface area contributed by atoms with Crippen molar-refractivity contribution in [3.05, 3.63) is 24.8 Å². The first-order valence-corrected chi connectivity index (χ1v) is 5.12. The van der Waals surface area contributed by atoms with E-state index in [2.05, 4.69) is 13.2 Å². The fraction of sp³-hybridized carbons (Fsp3) is 0.583. The van der Waals surface area contributed by atoms with Crippen LogP contribution in [0.15, 0.2) is 24.8 Å².